The van der Waals surface area contributed by atoms with Crippen molar-refractivity contribution in [1.29, 1.82) is 0 Å². The molecule has 0 atom stereocenters. The van der Waals surface area contributed by atoms with Crippen LogP contribution >= 0.6 is 15.9 Å². The van der Waals surface area contributed by atoms with E-state index in [4.69, 9.17) is 0 Å². The van der Waals surface area contributed by atoms with Crippen LogP contribution in [0.1, 0.15) is 21.7 Å². The molecule has 0 saturated carbocycles. The molecule has 0 unspecified atom stereocenters. The van der Waals surface area contributed by atoms with Crippen molar-refractivity contribution in [2.75, 3.05) is 5.32 Å². The molecule has 7 heteroatoms. The minimum absolute atomic E-state index is 0.0739. The van der Waals surface area contributed by atoms with Crippen molar-refractivity contribution in [1.82, 2.24) is 10.2 Å². The second-order valence-electron chi connectivity index (χ2n) is 4.01. The predicted molar refractivity (Wildman–Crippen MR) is 70.1 cm³/mol. The Morgan fingerprint density at radius 3 is 2.58 bits per heavy atom. The lowest BCUT2D eigenvalue weighted by Crippen LogP contribution is -2.15. The van der Waals surface area contributed by atoms with E-state index in [9.17, 15) is 13.6 Å². The first-order chi connectivity index (χ1) is 8.90. The summed E-state index contributed by atoms with van der Waals surface area (Å²) in [6.07, 6.45) is 0. The van der Waals surface area contributed by atoms with E-state index >= 15 is 0 Å². The third-order valence-corrected chi connectivity index (χ3v) is 3.22. The van der Waals surface area contributed by atoms with Crippen molar-refractivity contribution in [2.45, 2.75) is 13.8 Å². The molecular formula is C12H10BrF2N3O. The summed E-state index contributed by atoms with van der Waals surface area (Å²) < 4.78 is 26.7. The second kappa shape index (κ2) is 5.08. The first-order valence-corrected chi connectivity index (χ1v) is 6.17. The third kappa shape index (κ3) is 2.65. The van der Waals surface area contributed by atoms with E-state index in [2.05, 4.69) is 31.4 Å². The van der Waals surface area contributed by atoms with Crippen molar-refractivity contribution in [3.05, 3.63) is 45.2 Å². The fourth-order valence-corrected chi connectivity index (χ4v) is 2.03. The summed E-state index contributed by atoms with van der Waals surface area (Å²) >= 11 is 2.94. The van der Waals surface area contributed by atoms with Gasteiger partial charge in [-0.3, -0.25) is 9.89 Å². The van der Waals surface area contributed by atoms with Gasteiger partial charge in [0.25, 0.3) is 5.91 Å². The number of halogens is 3. The smallest absolute Gasteiger partial charge is 0.259 e. The average molecular weight is 330 g/mol. The maximum atomic E-state index is 13.5. The summed E-state index contributed by atoms with van der Waals surface area (Å²) in [4.78, 5) is 12.0. The largest absolute Gasteiger partial charge is 0.319 e. The Labute approximate surface area is 116 Å². The number of anilines is 1. The molecule has 1 aromatic carbocycles. The monoisotopic (exact) mass is 329 g/mol. The molecule has 0 aliphatic carbocycles. The minimum Gasteiger partial charge on any atom is -0.319 e. The number of nitrogens with zero attached hydrogens (tertiary/aromatic N) is 1. The molecule has 0 aliphatic heterocycles. The highest BCUT2D eigenvalue weighted by atomic mass is 79.9. The number of amides is 1. The Balaban J connectivity index is 2.32. The van der Waals surface area contributed by atoms with Crippen LogP contribution in [0.2, 0.25) is 0 Å². The number of hydrogen-bond donors (Lipinski definition) is 2. The third-order valence-electron chi connectivity index (χ3n) is 2.61. The van der Waals surface area contributed by atoms with Crippen molar-refractivity contribution >= 4 is 27.5 Å². The second-order valence-corrected chi connectivity index (χ2v) is 4.86. The van der Waals surface area contributed by atoms with Gasteiger partial charge in [0.05, 0.1) is 21.4 Å². The lowest BCUT2D eigenvalue weighted by Gasteiger charge is -2.07. The zero-order valence-electron chi connectivity index (χ0n) is 10.1. The van der Waals surface area contributed by atoms with Crippen LogP contribution in [-0.2, 0) is 0 Å². The molecule has 0 fully saturated rings. The molecular weight excluding hydrogens is 320 g/mol. The maximum Gasteiger partial charge on any atom is 0.259 e. The van der Waals surface area contributed by atoms with Gasteiger partial charge in [0.2, 0.25) is 0 Å². The van der Waals surface area contributed by atoms with E-state index in [-0.39, 0.29) is 10.2 Å². The number of aryl methyl sites for hydroxylation is 2. The first kappa shape index (κ1) is 13.7. The number of hydrogen-bond acceptors (Lipinski definition) is 2. The molecule has 100 valence electrons. The van der Waals surface area contributed by atoms with Crippen LogP contribution < -0.4 is 5.32 Å². The van der Waals surface area contributed by atoms with E-state index < -0.39 is 17.5 Å². The molecule has 2 N–H and O–H groups in total. The lowest BCUT2D eigenvalue weighted by molar-refractivity contribution is 0.102. The summed E-state index contributed by atoms with van der Waals surface area (Å²) in [5, 5.41) is 8.94. The summed E-state index contributed by atoms with van der Waals surface area (Å²) in [5.41, 5.74) is 1.34. The van der Waals surface area contributed by atoms with Gasteiger partial charge in [0, 0.05) is 11.8 Å². The molecule has 0 aliphatic rings. The summed E-state index contributed by atoms with van der Waals surface area (Å²) in [6, 6.07) is 1.88. The number of carbonyl (C=O) groups excluding carboxylic acids is 1. The minimum atomic E-state index is -0.840. The molecule has 1 aromatic heterocycles. The zero-order chi connectivity index (χ0) is 14.2. The van der Waals surface area contributed by atoms with Crippen LogP contribution in [0.5, 0.6) is 0 Å². The molecule has 1 heterocycles. The molecule has 0 radical (unpaired) electrons. The van der Waals surface area contributed by atoms with E-state index in [1.807, 2.05) is 0 Å². The van der Waals surface area contributed by atoms with E-state index in [1.165, 1.54) is 6.07 Å². The Kier molecular flexibility index (Phi) is 3.66. The zero-order valence-corrected chi connectivity index (χ0v) is 11.7. The number of aromatic nitrogens is 2. The SMILES string of the molecule is Cc1n[nH]c(C)c1C(=O)Nc1cc(Br)c(F)cc1F. The molecule has 19 heavy (non-hydrogen) atoms. The Morgan fingerprint density at radius 2 is 2.00 bits per heavy atom. The predicted octanol–water partition coefficient (Wildman–Crippen LogP) is 3.32. The molecule has 0 saturated heterocycles. The average Bonchev–Trinajstić information content (AvgIpc) is 2.66. The van der Waals surface area contributed by atoms with Gasteiger partial charge in [-0.2, -0.15) is 5.10 Å². The highest BCUT2D eigenvalue weighted by Gasteiger charge is 2.17. The number of aromatic amines is 1. The molecule has 4 nitrogen and oxygen atoms in total. The molecule has 2 aromatic rings. The van der Waals surface area contributed by atoms with Crippen LogP contribution in [0.15, 0.2) is 16.6 Å². The van der Waals surface area contributed by atoms with Crippen LogP contribution in [0.4, 0.5) is 14.5 Å². The standard InChI is InChI=1S/C12H10BrF2N3O/c1-5-11(6(2)18-17-5)12(19)16-10-3-7(13)8(14)4-9(10)15/h3-4H,1-2H3,(H,16,19)(H,17,18). The van der Waals surface area contributed by atoms with Crippen LogP contribution in [0, 0.1) is 25.5 Å². The van der Waals surface area contributed by atoms with Crippen LogP contribution in [0.3, 0.4) is 0 Å². The van der Waals surface area contributed by atoms with Gasteiger partial charge < -0.3 is 5.32 Å². The normalized spacial score (nSPS) is 10.6. The molecule has 1 amide bonds. The number of rotatable bonds is 2. The summed E-state index contributed by atoms with van der Waals surface area (Å²) in [6.45, 7) is 3.35. The van der Waals surface area contributed by atoms with E-state index in [0.29, 0.717) is 23.0 Å². The maximum absolute atomic E-state index is 13.5. The number of benzene rings is 1. The van der Waals surface area contributed by atoms with Gasteiger partial charge in [-0.05, 0) is 35.8 Å². The lowest BCUT2D eigenvalue weighted by atomic mass is 10.2. The number of carbonyl (C=O) groups is 1. The quantitative estimate of drug-likeness (QED) is 0.830. The van der Waals surface area contributed by atoms with E-state index in [1.54, 1.807) is 13.8 Å². The van der Waals surface area contributed by atoms with Crippen LogP contribution in [-0.4, -0.2) is 16.1 Å². The topological polar surface area (TPSA) is 57.8 Å². The summed E-state index contributed by atoms with van der Waals surface area (Å²) in [7, 11) is 0. The highest BCUT2D eigenvalue weighted by Crippen LogP contribution is 2.24. The van der Waals surface area contributed by atoms with Crippen LogP contribution in [0.25, 0.3) is 0 Å². The number of H-pyrrole nitrogens is 1. The molecule has 2 rings (SSSR count). The Hall–Kier alpha value is -1.76. The Bertz CT molecular complexity index is 635. The van der Waals surface area contributed by atoms with E-state index in [0.717, 1.165) is 0 Å². The first-order valence-electron chi connectivity index (χ1n) is 5.37. The molecule has 0 spiro atoms. The van der Waals surface area contributed by atoms with Gasteiger partial charge >= 0.3 is 0 Å². The van der Waals surface area contributed by atoms with Gasteiger partial charge in [-0.1, -0.05) is 0 Å². The summed E-state index contributed by atoms with van der Waals surface area (Å²) in [5.74, 6) is -2.07. The fourth-order valence-electron chi connectivity index (χ4n) is 1.69. The van der Waals surface area contributed by atoms with Gasteiger partial charge in [0.15, 0.2) is 0 Å². The van der Waals surface area contributed by atoms with Crippen molar-refractivity contribution in [2.24, 2.45) is 0 Å². The number of nitrogens with one attached hydrogen (secondary N) is 2. The fraction of sp³-hybridized carbons (Fsp3) is 0.167. The van der Waals surface area contributed by atoms with Gasteiger partial charge in [0.1, 0.15) is 11.6 Å². The molecule has 0 bridgehead atoms. The van der Waals surface area contributed by atoms with Gasteiger partial charge in [-0.25, -0.2) is 8.78 Å². The Morgan fingerprint density at radius 1 is 1.32 bits per heavy atom. The van der Waals surface area contributed by atoms with Crippen molar-refractivity contribution in [3.8, 4) is 0 Å². The van der Waals surface area contributed by atoms with Crippen molar-refractivity contribution < 1.29 is 13.6 Å². The van der Waals surface area contributed by atoms with Gasteiger partial charge in [-0.15, -0.1) is 0 Å². The van der Waals surface area contributed by atoms with Crippen molar-refractivity contribution in [3.63, 3.8) is 0 Å². The highest BCUT2D eigenvalue weighted by molar-refractivity contribution is 9.10.